The molecule has 3 rings (SSSR count). The summed E-state index contributed by atoms with van der Waals surface area (Å²) >= 11 is 0. The molecule has 0 unspecified atom stereocenters. The van der Waals surface area contributed by atoms with E-state index < -0.39 is 35.9 Å². The molecule has 166 valence electrons. The number of amides is 1. The van der Waals surface area contributed by atoms with Crippen LogP contribution in [0.2, 0.25) is 0 Å². The zero-order valence-corrected chi connectivity index (χ0v) is 18.1. The van der Waals surface area contributed by atoms with E-state index in [4.69, 9.17) is 14.2 Å². The van der Waals surface area contributed by atoms with Crippen LogP contribution in [0.15, 0.2) is 60.7 Å². The lowest BCUT2D eigenvalue weighted by molar-refractivity contribution is -0.170. The highest BCUT2D eigenvalue weighted by Crippen LogP contribution is 2.31. The second-order valence-electron chi connectivity index (χ2n) is 7.98. The summed E-state index contributed by atoms with van der Waals surface area (Å²) in [6.07, 6.45) is -1.90. The van der Waals surface area contributed by atoms with Crippen molar-refractivity contribution in [1.29, 1.82) is 0 Å². The first-order valence-electron chi connectivity index (χ1n) is 10.3. The highest BCUT2D eigenvalue weighted by atomic mass is 16.8. The quantitative estimate of drug-likeness (QED) is 0.651. The van der Waals surface area contributed by atoms with Gasteiger partial charge in [-0.05, 0) is 31.4 Å². The van der Waals surface area contributed by atoms with Gasteiger partial charge in [0.1, 0.15) is 0 Å². The Kier molecular flexibility index (Phi) is 7.43. The first kappa shape index (κ1) is 22.9. The van der Waals surface area contributed by atoms with Crippen molar-refractivity contribution in [1.82, 2.24) is 4.90 Å². The van der Waals surface area contributed by atoms with E-state index in [0.717, 1.165) is 11.1 Å². The molecular weight excluding hydrogens is 398 g/mol. The SMILES string of the molecule is COC(=O)[C@@H]1OC(C)(C)O[C@H]1C(=O)N(Cc1ccccc1)[C@H](CO)Cc1ccccc1. The largest absolute Gasteiger partial charge is 0.467 e. The summed E-state index contributed by atoms with van der Waals surface area (Å²) < 4.78 is 16.3. The van der Waals surface area contributed by atoms with Crippen molar-refractivity contribution >= 4 is 11.9 Å². The molecule has 2 aromatic rings. The van der Waals surface area contributed by atoms with Crippen molar-refractivity contribution in [2.75, 3.05) is 13.7 Å². The van der Waals surface area contributed by atoms with Crippen LogP contribution in [0.4, 0.5) is 0 Å². The lowest BCUT2D eigenvalue weighted by Crippen LogP contribution is -2.51. The van der Waals surface area contributed by atoms with Gasteiger partial charge >= 0.3 is 5.97 Å². The van der Waals surface area contributed by atoms with Crippen molar-refractivity contribution < 1.29 is 28.9 Å². The first-order chi connectivity index (χ1) is 14.8. The van der Waals surface area contributed by atoms with Crippen molar-refractivity contribution in [2.45, 2.75) is 50.8 Å². The summed E-state index contributed by atoms with van der Waals surface area (Å²) in [5.41, 5.74) is 1.89. The van der Waals surface area contributed by atoms with Crippen LogP contribution in [0.3, 0.4) is 0 Å². The van der Waals surface area contributed by atoms with E-state index in [2.05, 4.69) is 0 Å². The number of carbonyl (C=O) groups excluding carboxylic acids is 2. The van der Waals surface area contributed by atoms with Gasteiger partial charge in [0.05, 0.1) is 19.8 Å². The molecule has 1 heterocycles. The van der Waals surface area contributed by atoms with Crippen LogP contribution >= 0.6 is 0 Å². The Morgan fingerprint density at radius 1 is 1.00 bits per heavy atom. The van der Waals surface area contributed by atoms with E-state index in [1.807, 2.05) is 60.7 Å². The number of ether oxygens (including phenoxy) is 3. The summed E-state index contributed by atoms with van der Waals surface area (Å²) in [6, 6.07) is 18.6. The Morgan fingerprint density at radius 2 is 1.55 bits per heavy atom. The van der Waals surface area contributed by atoms with Crippen molar-refractivity contribution in [2.24, 2.45) is 0 Å². The van der Waals surface area contributed by atoms with E-state index >= 15 is 0 Å². The average Bonchev–Trinajstić information content (AvgIpc) is 3.12. The van der Waals surface area contributed by atoms with Crippen LogP contribution < -0.4 is 0 Å². The Morgan fingerprint density at radius 3 is 2.10 bits per heavy atom. The van der Waals surface area contributed by atoms with Crippen molar-refractivity contribution in [3.8, 4) is 0 Å². The van der Waals surface area contributed by atoms with Crippen molar-refractivity contribution in [3.05, 3.63) is 71.8 Å². The molecule has 2 aromatic carbocycles. The summed E-state index contributed by atoms with van der Waals surface area (Å²) in [6.45, 7) is 3.30. The van der Waals surface area contributed by atoms with Crippen LogP contribution in [-0.2, 0) is 36.8 Å². The van der Waals surface area contributed by atoms with Crippen LogP contribution in [0.25, 0.3) is 0 Å². The molecule has 1 fully saturated rings. The van der Waals surface area contributed by atoms with Gasteiger partial charge in [-0.25, -0.2) is 4.79 Å². The number of benzene rings is 2. The first-order valence-corrected chi connectivity index (χ1v) is 10.3. The number of aliphatic hydroxyl groups excluding tert-OH is 1. The number of esters is 1. The number of carbonyl (C=O) groups is 2. The second-order valence-corrected chi connectivity index (χ2v) is 7.98. The van der Waals surface area contributed by atoms with Gasteiger partial charge in [0.2, 0.25) is 0 Å². The molecule has 1 N–H and O–H groups in total. The zero-order valence-electron chi connectivity index (χ0n) is 18.1. The third-order valence-corrected chi connectivity index (χ3v) is 5.22. The fraction of sp³-hybridized carbons (Fsp3) is 0.417. The number of hydrogen-bond donors (Lipinski definition) is 1. The van der Waals surface area contributed by atoms with Crippen LogP contribution in [0.1, 0.15) is 25.0 Å². The predicted molar refractivity (Wildman–Crippen MR) is 114 cm³/mol. The number of rotatable bonds is 8. The summed E-state index contributed by atoms with van der Waals surface area (Å²) in [7, 11) is 1.24. The van der Waals surface area contributed by atoms with Gasteiger partial charge in [0.15, 0.2) is 18.0 Å². The van der Waals surface area contributed by atoms with E-state index in [-0.39, 0.29) is 13.2 Å². The molecule has 3 atom stereocenters. The molecule has 0 bridgehead atoms. The Labute approximate surface area is 182 Å². The number of aliphatic hydroxyl groups is 1. The van der Waals surface area contributed by atoms with Crippen LogP contribution in [0.5, 0.6) is 0 Å². The Balaban J connectivity index is 1.92. The molecule has 1 amide bonds. The third kappa shape index (κ3) is 5.70. The van der Waals surface area contributed by atoms with E-state index in [9.17, 15) is 14.7 Å². The topological polar surface area (TPSA) is 85.3 Å². The normalized spacial score (nSPS) is 20.8. The smallest absolute Gasteiger partial charge is 0.338 e. The maximum atomic E-state index is 13.7. The third-order valence-electron chi connectivity index (χ3n) is 5.22. The highest BCUT2D eigenvalue weighted by Gasteiger charge is 2.51. The predicted octanol–water partition coefficient (Wildman–Crippen LogP) is 2.31. The summed E-state index contributed by atoms with van der Waals surface area (Å²) in [5, 5.41) is 10.2. The minimum Gasteiger partial charge on any atom is -0.467 e. The van der Waals surface area contributed by atoms with Gasteiger partial charge in [0.25, 0.3) is 5.91 Å². The number of hydrogen-bond acceptors (Lipinski definition) is 6. The zero-order chi connectivity index (χ0) is 22.4. The van der Waals surface area contributed by atoms with E-state index in [1.165, 1.54) is 7.11 Å². The van der Waals surface area contributed by atoms with Crippen molar-refractivity contribution in [3.63, 3.8) is 0 Å². The molecule has 7 nitrogen and oxygen atoms in total. The summed E-state index contributed by atoms with van der Waals surface area (Å²) in [4.78, 5) is 27.5. The maximum Gasteiger partial charge on any atom is 0.338 e. The van der Waals surface area contributed by atoms with Crippen LogP contribution in [-0.4, -0.2) is 59.6 Å². The van der Waals surface area contributed by atoms with Gasteiger partial charge < -0.3 is 24.2 Å². The minimum atomic E-state index is -1.18. The fourth-order valence-corrected chi connectivity index (χ4v) is 3.72. The molecule has 1 aliphatic rings. The molecule has 0 aliphatic carbocycles. The molecule has 0 spiro atoms. The highest BCUT2D eigenvalue weighted by molar-refractivity contribution is 5.89. The average molecular weight is 427 g/mol. The van der Waals surface area contributed by atoms with Crippen LogP contribution in [0, 0.1) is 0 Å². The molecule has 1 saturated heterocycles. The second kappa shape index (κ2) is 10.0. The van der Waals surface area contributed by atoms with Gasteiger partial charge in [-0.2, -0.15) is 0 Å². The molecule has 0 saturated carbocycles. The molecule has 0 radical (unpaired) electrons. The van der Waals surface area contributed by atoms with E-state index in [1.54, 1.807) is 18.7 Å². The minimum absolute atomic E-state index is 0.243. The molecule has 31 heavy (non-hydrogen) atoms. The monoisotopic (exact) mass is 427 g/mol. The van der Waals surface area contributed by atoms with Gasteiger partial charge in [-0.3, -0.25) is 4.79 Å². The lowest BCUT2D eigenvalue weighted by Gasteiger charge is -2.33. The fourth-order valence-electron chi connectivity index (χ4n) is 3.72. The molecule has 1 aliphatic heterocycles. The van der Waals surface area contributed by atoms with Gasteiger partial charge in [0, 0.05) is 6.54 Å². The molecule has 0 aromatic heterocycles. The van der Waals surface area contributed by atoms with E-state index in [0.29, 0.717) is 6.42 Å². The standard InChI is InChI=1S/C24H29NO6/c1-24(2)30-20(21(31-24)23(28)29-3)22(27)25(15-18-12-8-5-9-13-18)19(16-26)14-17-10-6-4-7-11-17/h4-13,19-21,26H,14-16H2,1-3H3/t19-,20+,21+/m0/s1. The van der Waals surface area contributed by atoms with Gasteiger partial charge in [-0.1, -0.05) is 60.7 Å². The van der Waals surface area contributed by atoms with Gasteiger partial charge in [-0.15, -0.1) is 0 Å². The lowest BCUT2D eigenvalue weighted by atomic mass is 10.0. The maximum absolute atomic E-state index is 13.7. The molecule has 7 heteroatoms. The summed E-state index contributed by atoms with van der Waals surface area (Å²) in [5.74, 6) is -2.22. The Bertz CT molecular complexity index is 870. The Hall–Kier alpha value is -2.74. The number of nitrogens with zero attached hydrogens (tertiary/aromatic N) is 1. The molecular formula is C24H29NO6. The number of methoxy groups -OCH3 is 1.